The maximum Gasteiger partial charge on any atom is 0.357 e. The number of benzene rings is 2. The van der Waals surface area contributed by atoms with E-state index >= 15 is 0 Å². The van der Waals surface area contributed by atoms with Crippen LogP contribution in [0.15, 0.2) is 53.3 Å². The van der Waals surface area contributed by atoms with Crippen LogP contribution in [0.5, 0.6) is 5.75 Å². The van der Waals surface area contributed by atoms with Crippen LogP contribution in [0.1, 0.15) is 17.4 Å². The Balaban J connectivity index is 1.85. The van der Waals surface area contributed by atoms with Gasteiger partial charge in [0.05, 0.1) is 12.0 Å². The van der Waals surface area contributed by atoms with Gasteiger partial charge in [0.25, 0.3) is 5.56 Å². The first-order valence-corrected chi connectivity index (χ1v) is 8.25. The third-order valence-corrected chi connectivity index (χ3v) is 3.81. The summed E-state index contributed by atoms with van der Waals surface area (Å²) in [5.41, 5.74) is -0.285. The van der Waals surface area contributed by atoms with Gasteiger partial charge in [0.15, 0.2) is 5.69 Å². The molecule has 1 amide bonds. The molecule has 138 valence electrons. The molecular formula is C19H17N3O5. The second-order valence-electron chi connectivity index (χ2n) is 5.67. The lowest BCUT2D eigenvalue weighted by molar-refractivity contribution is -0.117. The Hall–Kier alpha value is -3.68. The minimum Gasteiger partial charge on any atom is -0.494 e. The summed E-state index contributed by atoms with van der Waals surface area (Å²) >= 11 is 0. The normalized spacial score (nSPS) is 10.6. The Labute approximate surface area is 154 Å². The molecule has 0 aliphatic heterocycles. The van der Waals surface area contributed by atoms with E-state index < -0.39 is 24.0 Å². The fourth-order valence-corrected chi connectivity index (χ4v) is 2.64. The van der Waals surface area contributed by atoms with Gasteiger partial charge < -0.3 is 15.2 Å². The van der Waals surface area contributed by atoms with Crippen LogP contribution in [0.25, 0.3) is 10.8 Å². The average molecular weight is 367 g/mol. The summed E-state index contributed by atoms with van der Waals surface area (Å²) in [5, 5.41) is 16.3. The molecule has 1 heterocycles. The number of fused-ring (bicyclic) bond motifs is 1. The Morgan fingerprint density at radius 3 is 2.41 bits per heavy atom. The highest BCUT2D eigenvalue weighted by molar-refractivity contribution is 6.01. The fourth-order valence-electron chi connectivity index (χ4n) is 2.64. The predicted molar refractivity (Wildman–Crippen MR) is 99.2 cm³/mol. The number of aromatic carboxylic acids is 1. The summed E-state index contributed by atoms with van der Waals surface area (Å²) in [5.74, 6) is -1.10. The van der Waals surface area contributed by atoms with Crippen LogP contribution in [0.4, 0.5) is 5.69 Å². The lowest BCUT2D eigenvalue weighted by Gasteiger charge is -2.10. The zero-order chi connectivity index (χ0) is 19.4. The van der Waals surface area contributed by atoms with Gasteiger partial charge in [-0.25, -0.2) is 9.48 Å². The number of carboxylic acids is 1. The molecular weight excluding hydrogens is 350 g/mol. The summed E-state index contributed by atoms with van der Waals surface area (Å²) in [6.07, 6.45) is 0. The second kappa shape index (κ2) is 7.69. The van der Waals surface area contributed by atoms with Crippen molar-refractivity contribution >= 4 is 28.3 Å². The number of hydrogen-bond acceptors (Lipinski definition) is 5. The molecule has 0 aliphatic carbocycles. The van der Waals surface area contributed by atoms with E-state index in [9.17, 15) is 19.5 Å². The summed E-state index contributed by atoms with van der Waals surface area (Å²) in [6, 6.07) is 13.0. The molecule has 0 fully saturated rings. The maximum atomic E-state index is 12.5. The summed E-state index contributed by atoms with van der Waals surface area (Å²) in [6.45, 7) is 2.00. The highest BCUT2D eigenvalue weighted by Crippen LogP contribution is 2.16. The molecule has 0 radical (unpaired) electrons. The summed E-state index contributed by atoms with van der Waals surface area (Å²) in [4.78, 5) is 36.2. The number of ether oxygens (including phenoxy) is 1. The van der Waals surface area contributed by atoms with Crippen molar-refractivity contribution in [3.63, 3.8) is 0 Å². The SMILES string of the molecule is CCOc1ccc(NC(=O)Cn2nc(C(=O)O)c3ccccc3c2=O)cc1. The van der Waals surface area contributed by atoms with Gasteiger partial charge in [-0.3, -0.25) is 9.59 Å². The van der Waals surface area contributed by atoms with E-state index in [1.54, 1.807) is 36.4 Å². The van der Waals surface area contributed by atoms with Crippen LogP contribution >= 0.6 is 0 Å². The molecule has 0 aliphatic rings. The van der Waals surface area contributed by atoms with E-state index in [2.05, 4.69) is 10.4 Å². The van der Waals surface area contributed by atoms with Crippen molar-refractivity contribution in [2.45, 2.75) is 13.5 Å². The predicted octanol–water partition coefficient (Wildman–Crippen LogP) is 2.13. The lowest BCUT2D eigenvalue weighted by Crippen LogP contribution is -2.31. The van der Waals surface area contributed by atoms with E-state index in [0.717, 1.165) is 4.68 Å². The minimum absolute atomic E-state index is 0.193. The molecule has 0 spiro atoms. The molecule has 2 N–H and O–H groups in total. The number of hydrogen-bond donors (Lipinski definition) is 2. The Kier molecular flexibility index (Phi) is 5.16. The number of carbonyl (C=O) groups excluding carboxylic acids is 1. The number of anilines is 1. The lowest BCUT2D eigenvalue weighted by atomic mass is 10.1. The van der Waals surface area contributed by atoms with Gasteiger partial charge in [-0.2, -0.15) is 5.10 Å². The third-order valence-electron chi connectivity index (χ3n) is 3.81. The van der Waals surface area contributed by atoms with E-state index in [1.165, 1.54) is 12.1 Å². The number of nitrogens with one attached hydrogen (secondary N) is 1. The van der Waals surface area contributed by atoms with Crippen molar-refractivity contribution in [2.75, 3.05) is 11.9 Å². The molecule has 27 heavy (non-hydrogen) atoms. The zero-order valence-electron chi connectivity index (χ0n) is 14.5. The van der Waals surface area contributed by atoms with Crippen molar-refractivity contribution in [2.24, 2.45) is 0 Å². The quantitative estimate of drug-likeness (QED) is 0.690. The van der Waals surface area contributed by atoms with Crippen molar-refractivity contribution in [3.8, 4) is 5.75 Å². The molecule has 2 aromatic carbocycles. The minimum atomic E-state index is -1.27. The van der Waals surface area contributed by atoms with Crippen LogP contribution in [-0.2, 0) is 11.3 Å². The average Bonchev–Trinajstić information content (AvgIpc) is 2.65. The number of carbonyl (C=O) groups is 2. The van der Waals surface area contributed by atoms with Gasteiger partial charge in [-0.1, -0.05) is 18.2 Å². The third kappa shape index (κ3) is 3.95. The van der Waals surface area contributed by atoms with Crippen LogP contribution < -0.4 is 15.6 Å². The largest absolute Gasteiger partial charge is 0.494 e. The molecule has 0 bridgehead atoms. The first-order chi connectivity index (χ1) is 13.0. The number of nitrogens with zero attached hydrogens (tertiary/aromatic N) is 2. The van der Waals surface area contributed by atoms with E-state index in [4.69, 9.17) is 4.74 Å². The van der Waals surface area contributed by atoms with Crippen molar-refractivity contribution < 1.29 is 19.4 Å². The molecule has 8 nitrogen and oxygen atoms in total. The Bertz CT molecular complexity index is 1060. The summed E-state index contributed by atoms with van der Waals surface area (Å²) < 4.78 is 6.19. The van der Waals surface area contributed by atoms with Crippen LogP contribution in [0, 0.1) is 0 Å². The van der Waals surface area contributed by atoms with Gasteiger partial charge in [0, 0.05) is 11.1 Å². The van der Waals surface area contributed by atoms with E-state index in [1.807, 2.05) is 6.92 Å². The number of carboxylic acid groups (broad SMARTS) is 1. The van der Waals surface area contributed by atoms with Gasteiger partial charge in [-0.15, -0.1) is 0 Å². The standard InChI is InChI=1S/C19H17N3O5/c1-2-27-13-9-7-12(8-10-13)20-16(23)11-22-18(24)15-6-4-3-5-14(15)17(21-22)19(25)26/h3-10H,2,11H2,1H3,(H,20,23)(H,25,26). The molecule has 8 heteroatoms. The first kappa shape index (κ1) is 18.1. The van der Waals surface area contributed by atoms with Gasteiger partial charge in [0.2, 0.25) is 5.91 Å². The smallest absolute Gasteiger partial charge is 0.357 e. The van der Waals surface area contributed by atoms with Crippen molar-refractivity contribution in [1.82, 2.24) is 9.78 Å². The van der Waals surface area contributed by atoms with Crippen LogP contribution in [0.2, 0.25) is 0 Å². The van der Waals surface area contributed by atoms with E-state index in [-0.39, 0.29) is 16.5 Å². The second-order valence-corrected chi connectivity index (χ2v) is 5.67. The van der Waals surface area contributed by atoms with Gasteiger partial charge in [-0.05, 0) is 37.3 Å². The Morgan fingerprint density at radius 2 is 1.78 bits per heavy atom. The number of aromatic nitrogens is 2. The van der Waals surface area contributed by atoms with Crippen molar-refractivity contribution in [1.29, 1.82) is 0 Å². The molecule has 3 rings (SSSR count). The first-order valence-electron chi connectivity index (χ1n) is 8.25. The fraction of sp³-hybridized carbons (Fsp3) is 0.158. The Morgan fingerprint density at radius 1 is 1.11 bits per heavy atom. The zero-order valence-corrected chi connectivity index (χ0v) is 14.5. The highest BCUT2D eigenvalue weighted by Gasteiger charge is 2.17. The number of rotatable bonds is 6. The highest BCUT2D eigenvalue weighted by atomic mass is 16.5. The molecule has 1 aromatic heterocycles. The van der Waals surface area contributed by atoms with Crippen molar-refractivity contribution in [3.05, 3.63) is 64.6 Å². The summed E-state index contributed by atoms with van der Waals surface area (Å²) in [7, 11) is 0. The molecule has 0 unspecified atom stereocenters. The van der Waals surface area contributed by atoms with E-state index in [0.29, 0.717) is 18.0 Å². The van der Waals surface area contributed by atoms with Crippen LogP contribution in [-0.4, -0.2) is 33.4 Å². The molecule has 3 aromatic rings. The molecule has 0 atom stereocenters. The van der Waals surface area contributed by atoms with Crippen LogP contribution in [0.3, 0.4) is 0 Å². The van der Waals surface area contributed by atoms with Gasteiger partial charge in [0.1, 0.15) is 12.3 Å². The monoisotopic (exact) mass is 367 g/mol. The van der Waals surface area contributed by atoms with Gasteiger partial charge >= 0.3 is 5.97 Å². The number of amides is 1. The molecule has 0 saturated heterocycles. The molecule has 0 saturated carbocycles. The topological polar surface area (TPSA) is 111 Å². The maximum absolute atomic E-state index is 12.5.